The van der Waals surface area contributed by atoms with Crippen LogP contribution < -0.4 is 0 Å². The molecule has 0 aliphatic carbocycles. The van der Waals surface area contributed by atoms with Crippen molar-refractivity contribution in [1.29, 1.82) is 0 Å². The number of hydrogen-bond acceptors (Lipinski definition) is 3. The third kappa shape index (κ3) is 4.27. The van der Waals surface area contributed by atoms with E-state index in [4.69, 9.17) is 16.7 Å². The van der Waals surface area contributed by atoms with Gasteiger partial charge in [0.15, 0.2) is 5.78 Å². The maximum absolute atomic E-state index is 12.0. The minimum atomic E-state index is -1.60. The number of ketones is 2. The van der Waals surface area contributed by atoms with Crippen molar-refractivity contribution in [3.8, 4) is 0 Å². The second-order valence-electron chi connectivity index (χ2n) is 5.24. The van der Waals surface area contributed by atoms with E-state index in [1.54, 1.807) is 18.2 Å². The molecule has 1 N–H and O–H groups in total. The van der Waals surface area contributed by atoms with Gasteiger partial charge in [0.25, 0.3) is 0 Å². The van der Waals surface area contributed by atoms with Crippen molar-refractivity contribution in [3.63, 3.8) is 0 Å². The van der Waals surface area contributed by atoms with Crippen molar-refractivity contribution in [1.82, 2.24) is 0 Å². The first kappa shape index (κ1) is 16.9. The third-order valence-electron chi connectivity index (χ3n) is 3.54. The molecule has 23 heavy (non-hydrogen) atoms. The highest BCUT2D eigenvalue weighted by Crippen LogP contribution is 2.23. The van der Waals surface area contributed by atoms with E-state index in [1.165, 1.54) is 0 Å². The molecule has 4 nitrogen and oxygen atoms in total. The number of Topliss-reactive ketones (excluding diaryl/α,β-unsaturated/α-hetero) is 2. The maximum atomic E-state index is 12.0. The molecular weight excluding hydrogens is 316 g/mol. The van der Waals surface area contributed by atoms with Crippen LogP contribution in [0.15, 0.2) is 42.5 Å². The number of rotatable bonds is 6. The number of aryl methyl sites for hydroxylation is 1. The Balaban J connectivity index is 2.22. The Labute approximate surface area is 138 Å². The lowest BCUT2D eigenvalue weighted by Crippen LogP contribution is -2.17. The zero-order valence-corrected chi connectivity index (χ0v) is 13.3. The summed E-state index contributed by atoms with van der Waals surface area (Å²) in [4.78, 5) is 33.7. The average Bonchev–Trinajstić information content (AvgIpc) is 2.51. The van der Waals surface area contributed by atoms with E-state index >= 15 is 0 Å². The van der Waals surface area contributed by atoms with Crippen LogP contribution in [0, 0.1) is 6.92 Å². The van der Waals surface area contributed by atoms with Gasteiger partial charge in [-0.05, 0) is 42.2 Å². The first-order valence-electron chi connectivity index (χ1n) is 7.00. The van der Waals surface area contributed by atoms with Crippen LogP contribution in [-0.2, 0) is 16.0 Å². The van der Waals surface area contributed by atoms with Gasteiger partial charge in [-0.2, -0.15) is 0 Å². The molecule has 0 saturated carbocycles. The molecule has 2 aromatic carbocycles. The molecule has 5 heteroatoms. The first-order valence-corrected chi connectivity index (χ1v) is 7.38. The van der Waals surface area contributed by atoms with Gasteiger partial charge in [-0.15, -0.1) is 0 Å². The number of hydrogen-bond donors (Lipinski definition) is 1. The van der Waals surface area contributed by atoms with Crippen molar-refractivity contribution in [2.45, 2.75) is 19.8 Å². The van der Waals surface area contributed by atoms with Crippen LogP contribution in [0.3, 0.4) is 0 Å². The summed E-state index contributed by atoms with van der Waals surface area (Å²) < 4.78 is 0. The molecule has 0 atom stereocenters. The number of carbonyl (C=O) groups excluding carboxylic acids is 2. The van der Waals surface area contributed by atoms with Gasteiger partial charge in [0.1, 0.15) is 0 Å². The Hall–Kier alpha value is -2.46. The van der Waals surface area contributed by atoms with Crippen molar-refractivity contribution < 1.29 is 19.5 Å². The summed E-state index contributed by atoms with van der Waals surface area (Å²) in [5.74, 6) is -3.21. The molecule has 0 aliphatic heterocycles. The maximum Gasteiger partial charge on any atom is 0.372 e. The fraction of sp³-hybridized carbons (Fsp3) is 0.167. The molecule has 2 rings (SSSR count). The molecule has 0 fully saturated rings. The molecular formula is C18H15ClO4. The van der Waals surface area contributed by atoms with E-state index in [0.29, 0.717) is 17.0 Å². The van der Waals surface area contributed by atoms with E-state index in [2.05, 4.69) is 0 Å². The smallest absolute Gasteiger partial charge is 0.372 e. The van der Waals surface area contributed by atoms with Crippen molar-refractivity contribution in [3.05, 3.63) is 69.7 Å². The van der Waals surface area contributed by atoms with Crippen LogP contribution in [0.5, 0.6) is 0 Å². The Kier molecular flexibility index (Phi) is 5.29. The lowest BCUT2D eigenvalue weighted by molar-refractivity contribution is -0.148. The molecule has 118 valence electrons. The normalized spacial score (nSPS) is 10.3. The minimum Gasteiger partial charge on any atom is -0.475 e. The summed E-state index contributed by atoms with van der Waals surface area (Å²) in [5.41, 5.74) is 3.22. The zero-order valence-electron chi connectivity index (χ0n) is 12.5. The van der Waals surface area contributed by atoms with Gasteiger partial charge in [-0.1, -0.05) is 41.9 Å². The number of carboxylic acid groups (broad SMARTS) is 1. The lowest BCUT2D eigenvalue weighted by Gasteiger charge is -2.09. The molecule has 0 amide bonds. The van der Waals surface area contributed by atoms with Crippen LogP contribution in [0.25, 0.3) is 0 Å². The predicted molar refractivity (Wildman–Crippen MR) is 87.0 cm³/mol. The van der Waals surface area contributed by atoms with Gasteiger partial charge in [-0.25, -0.2) is 4.79 Å². The summed E-state index contributed by atoms with van der Waals surface area (Å²) >= 11 is 6.21. The van der Waals surface area contributed by atoms with Gasteiger partial charge < -0.3 is 5.11 Å². The average molecular weight is 331 g/mol. The number of carboxylic acids is 1. The van der Waals surface area contributed by atoms with E-state index in [-0.39, 0.29) is 0 Å². The van der Waals surface area contributed by atoms with Crippen molar-refractivity contribution >= 4 is 29.1 Å². The van der Waals surface area contributed by atoms with Gasteiger partial charge >= 0.3 is 5.97 Å². The fourth-order valence-electron chi connectivity index (χ4n) is 2.27. The Morgan fingerprint density at radius 3 is 2.43 bits per heavy atom. The highest BCUT2D eigenvalue weighted by Gasteiger charge is 2.18. The first-order chi connectivity index (χ1) is 10.9. The molecule has 0 spiro atoms. The summed E-state index contributed by atoms with van der Waals surface area (Å²) in [6, 6.07) is 12.4. The number of carbonyl (C=O) groups is 3. The highest BCUT2D eigenvalue weighted by atomic mass is 35.5. The summed E-state index contributed by atoms with van der Waals surface area (Å²) in [7, 11) is 0. The van der Waals surface area contributed by atoms with Gasteiger partial charge in [0.2, 0.25) is 5.78 Å². The molecule has 0 radical (unpaired) electrons. The summed E-state index contributed by atoms with van der Waals surface area (Å²) in [6.45, 7) is 1.96. The van der Waals surface area contributed by atoms with Crippen LogP contribution in [0.2, 0.25) is 5.02 Å². The Morgan fingerprint density at radius 1 is 1.09 bits per heavy atom. The molecule has 0 aliphatic rings. The third-order valence-corrected chi connectivity index (χ3v) is 3.90. The zero-order chi connectivity index (χ0) is 17.0. The molecule has 0 saturated heterocycles. The largest absolute Gasteiger partial charge is 0.475 e. The SMILES string of the molecule is Cc1cccc(Cl)c1Cc1cccc(C(=O)CC(=O)C(=O)O)c1. The lowest BCUT2D eigenvalue weighted by atomic mass is 9.97. The molecule has 0 aromatic heterocycles. The van der Waals surface area contributed by atoms with E-state index in [1.807, 2.05) is 31.2 Å². The standard InChI is InChI=1S/C18H15ClO4/c1-11-4-2-7-15(19)14(11)9-12-5-3-6-13(8-12)16(20)10-17(21)18(22)23/h2-8H,9-10H2,1H3,(H,22,23). The second kappa shape index (κ2) is 7.20. The minimum absolute atomic E-state index is 0.321. The summed E-state index contributed by atoms with van der Waals surface area (Å²) in [6.07, 6.45) is -0.0799. The predicted octanol–water partition coefficient (Wildman–Crippen LogP) is 3.47. The van der Waals surface area contributed by atoms with Crippen LogP contribution in [-0.4, -0.2) is 22.6 Å². The Bertz CT molecular complexity index is 760. The molecule has 2 aromatic rings. The monoisotopic (exact) mass is 330 g/mol. The van der Waals surface area contributed by atoms with Crippen molar-refractivity contribution in [2.75, 3.05) is 0 Å². The van der Waals surface area contributed by atoms with Gasteiger partial charge in [0.05, 0.1) is 6.42 Å². The van der Waals surface area contributed by atoms with Crippen molar-refractivity contribution in [2.24, 2.45) is 0 Å². The summed E-state index contributed by atoms with van der Waals surface area (Å²) in [5, 5.41) is 9.23. The quantitative estimate of drug-likeness (QED) is 0.500. The van der Waals surface area contributed by atoms with Crippen LogP contribution in [0.4, 0.5) is 0 Å². The van der Waals surface area contributed by atoms with E-state index in [0.717, 1.165) is 16.7 Å². The number of halogens is 1. The van der Waals surface area contributed by atoms with Gasteiger partial charge in [-0.3, -0.25) is 9.59 Å². The Morgan fingerprint density at radius 2 is 1.78 bits per heavy atom. The van der Waals surface area contributed by atoms with Crippen LogP contribution in [0.1, 0.15) is 33.5 Å². The topological polar surface area (TPSA) is 71.4 Å². The molecule has 0 heterocycles. The fourth-order valence-corrected chi connectivity index (χ4v) is 2.56. The molecule has 0 bridgehead atoms. The second-order valence-corrected chi connectivity index (χ2v) is 5.65. The number of aliphatic carboxylic acids is 1. The van der Waals surface area contributed by atoms with E-state index < -0.39 is 24.0 Å². The van der Waals surface area contributed by atoms with Gasteiger partial charge in [0, 0.05) is 10.6 Å². The number of benzene rings is 2. The van der Waals surface area contributed by atoms with Crippen LogP contribution >= 0.6 is 11.6 Å². The highest BCUT2D eigenvalue weighted by molar-refractivity contribution is 6.37. The molecule has 0 unspecified atom stereocenters. The van der Waals surface area contributed by atoms with E-state index in [9.17, 15) is 14.4 Å².